The van der Waals surface area contributed by atoms with Gasteiger partial charge in [-0.15, -0.1) is 0 Å². The first-order chi connectivity index (χ1) is 17.3. The van der Waals surface area contributed by atoms with Crippen LogP contribution in [-0.2, 0) is 19.1 Å². The summed E-state index contributed by atoms with van der Waals surface area (Å²) in [5.41, 5.74) is 1.23. The van der Waals surface area contributed by atoms with Crippen molar-refractivity contribution in [3.8, 4) is 0 Å². The van der Waals surface area contributed by atoms with Crippen molar-refractivity contribution in [2.24, 2.45) is 10.8 Å². The van der Waals surface area contributed by atoms with E-state index in [9.17, 15) is 19.8 Å². The molecule has 0 spiro atoms. The highest BCUT2D eigenvalue weighted by atomic mass is 16.5. The van der Waals surface area contributed by atoms with Crippen molar-refractivity contribution in [1.82, 2.24) is 0 Å². The number of ether oxygens (including phenoxy) is 2. The maximum atomic E-state index is 12.2. The molecule has 0 aromatic carbocycles. The molecular formula is C32H48O6. The molecule has 0 amide bonds. The monoisotopic (exact) mass is 528 g/mol. The van der Waals surface area contributed by atoms with Crippen molar-refractivity contribution in [2.45, 2.75) is 91.6 Å². The molecule has 6 heteroatoms. The Bertz CT molecular complexity index is 1050. The largest absolute Gasteiger partial charge is 0.385 e. The average Bonchev–Trinajstić information content (AvgIpc) is 2.84. The Morgan fingerprint density at radius 3 is 1.79 bits per heavy atom. The minimum absolute atomic E-state index is 0.0733. The van der Waals surface area contributed by atoms with Crippen LogP contribution in [-0.4, -0.2) is 59.4 Å². The maximum absolute atomic E-state index is 12.2. The van der Waals surface area contributed by atoms with Gasteiger partial charge in [-0.05, 0) is 85.8 Å². The summed E-state index contributed by atoms with van der Waals surface area (Å²) in [4.78, 5) is 24.0. The highest BCUT2D eigenvalue weighted by Crippen LogP contribution is 2.41. The number of hydrogen-bond acceptors (Lipinski definition) is 6. The van der Waals surface area contributed by atoms with E-state index < -0.39 is 17.3 Å². The number of ketones is 2. The molecular weight excluding hydrogens is 480 g/mol. The first-order valence-corrected chi connectivity index (χ1v) is 13.0. The van der Waals surface area contributed by atoms with Crippen LogP contribution in [0.4, 0.5) is 0 Å². The van der Waals surface area contributed by atoms with E-state index in [1.54, 1.807) is 46.3 Å². The number of hydrogen-bond donors (Lipinski definition) is 2. The zero-order valence-electron chi connectivity index (χ0n) is 25.0. The Labute approximate surface area is 229 Å². The molecule has 38 heavy (non-hydrogen) atoms. The van der Waals surface area contributed by atoms with E-state index in [4.69, 9.17) is 9.47 Å². The van der Waals surface area contributed by atoms with E-state index in [1.807, 2.05) is 39.8 Å². The first-order valence-electron chi connectivity index (χ1n) is 13.0. The fourth-order valence-electron chi connectivity index (χ4n) is 4.80. The van der Waals surface area contributed by atoms with Gasteiger partial charge in [-0.2, -0.15) is 0 Å². The summed E-state index contributed by atoms with van der Waals surface area (Å²) in [6, 6.07) is 0. The maximum Gasteiger partial charge on any atom is 0.187 e. The lowest BCUT2D eigenvalue weighted by Gasteiger charge is -2.36. The Balaban J connectivity index is 0.000000382. The van der Waals surface area contributed by atoms with Crippen LogP contribution >= 0.6 is 0 Å². The Morgan fingerprint density at radius 2 is 1.34 bits per heavy atom. The average molecular weight is 529 g/mol. The van der Waals surface area contributed by atoms with Crippen molar-refractivity contribution in [3.05, 3.63) is 71.9 Å². The molecule has 0 fully saturated rings. The van der Waals surface area contributed by atoms with E-state index in [1.165, 1.54) is 6.08 Å². The lowest BCUT2D eigenvalue weighted by molar-refractivity contribution is -0.127. The number of aliphatic hydroxyl groups is 2. The van der Waals surface area contributed by atoms with Crippen molar-refractivity contribution >= 4 is 11.6 Å². The highest BCUT2D eigenvalue weighted by Gasteiger charge is 2.38. The summed E-state index contributed by atoms with van der Waals surface area (Å²) in [5.74, 6) is -0.156. The van der Waals surface area contributed by atoms with Crippen LogP contribution in [0.1, 0.15) is 68.2 Å². The van der Waals surface area contributed by atoms with Gasteiger partial charge in [0.15, 0.2) is 11.6 Å². The number of carbonyl (C=O) groups is 2. The molecule has 6 nitrogen and oxygen atoms in total. The van der Waals surface area contributed by atoms with E-state index in [2.05, 4.69) is 27.0 Å². The second-order valence-corrected chi connectivity index (χ2v) is 11.9. The van der Waals surface area contributed by atoms with Gasteiger partial charge in [0.2, 0.25) is 0 Å². The van der Waals surface area contributed by atoms with E-state index in [-0.39, 0.29) is 28.5 Å². The number of rotatable bonds is 8. The molecule has 212 valence electrons. The minimum atomic E-state index is -1.09. The first kappa shape index (κ1) is 33.6. The zero-order valence-corrected chi connectivity index (χ0v) is 25.0. The van der Waals surface area contributed by atoms with Crippen molar-refractivity contribution in [1.29, 1.82) is 0 Å². The van der Waals surface area contributed by atoms with Gasteiger partial charge in [-0.3, -0.25) is 9.59 Å². The molecule has 4 unspecified atom stereocenters. The smallest absolute Gasteiger partial charge is 0.187 e. The second kappa shape index (κ2) is 12.6. The summed E-state index contributed by atoms with van der Waals surface area (Å²) in [7, 11) is 3.23. The van der Waals surface area contributed by atoms with Crippen molar-refractivity contribution in [2.75, 3.05) is 14.2 Å². The normalized spacial score (nSPS) is 26.6. The third-order valence-electron chi connectivity index (χ3n) is 7.71. The van der Waals surface area contributed by atoms with Crippen LogP contribution in [0.5, 0.6) is 0 Å². The zero-order chi connectivity index (χ0) is 29.7. The Kier molecular flexibility index (Phi) is 11.2. The molecule has 2 rings (SSSR count). The molecule has 0 aromatic rings. The third kappa shape index (κ3) is 8.06. The molecule has 2 aliphatic rings. The molecule has 2 aliphatic carbocycles. The van der Waals surface area contributed by atoms with Gasteiger partial charge >= 0.3 is 0 Å². The number of carbonyl (C=O) groups excluding carboxylic acids is 2. The topological polar surface area (TPSA) is 93.1 Å². The summed E-state index contributed by atoms with van der Waals surface area (Å²) in [5, 5.41) is 19.6. The lowest BCUT2D eigenvalue weighted by atomic mass is 9.70. The number of Topliss-reactive ketones (excluding diaryl/α,β-unsaturated/α-hetero) is 2. The van der Waals surface area contributed by atoms with Crippen LogP contribution in [0.15, 0.2) is 71.9 Å². The Hall–Kier alpha value is -2.38. The number of allylic oxidation sites excluding steroid dienone is 4. The fourth-order valence-corrected chi connectivity index (χ4v) is 4.80. The molecule has 0 saturated heterocycles. The number of aliphatic hydroxyl groups excluding tert-OH is 1. The Morgan fingerprint density at radius 1 is 0.868 bits per heavy atom. The van der Waals surface area contributed by atoms with Crippen molar-refractivity contribution < 1.29 is 29.3 Å². The molecule has 0 heterocycles. The highest BCUT2D eigenvalue weighted by molar-refractivity contribution is 6.01. The summed E-state index contributed by atoms with van der Waals surface area (Å²) in [6.45, 7) is 22.7. The van der Waals surface area contributed by atoms with Gasteiger partial charge in [-0.1, -0.05) is 65.2 Å². The predicted octanol–water partition coefficient (Wildman–Crippen LogP) is 5.62. The van der Waals surface area contributed by atoms with E-state index >= 15 is 0 Å². The van der Waals surface area contributed by atoms with Crippen LogP contribution in [0, 0.1) is 10.8 Å². The number of methoxy groups -OCH3 is 2. The van der Waals surface area contributed by atoms with Crippen molar-refractivity contribution in [3.63, 3.8) is 0 Å². The molecule has 0 aromatic heterocycles. The molecule has 0 saturated carbocycles. The van der Waals surface area contributed by atoms with Crippen LogP contribution in [0.25, 0.3) is 0 Å². The van der Waals surface area contributed by atoms with Gasteiger partial charge in [0.25, 0.3) is 0 Å². The van der Waals surface area contributed by atoms with E-state index in [0.29, 0.717) is 18.4 Å². The van der Waals surface area contributed by atoms with Crippen LogP contribution in [0.2, 0.25) is 0 Å². The lowest BCUT2D eigenvalue weighted by Crippen LogP contribution is -2.37. The van der Waals surface area contributed by atoms with Gasteiger partial charge < -0.3 is 19.7 Å². The van der Waals surface area contributed by atoms with Gasteiger partial charge in [0.05, 0.1) is 5.60 Å². The summed E-state index contributed by atoms with van der Waals surface area (Å²) in [6.07, 6.45) is 10.3. The van der Waals surface area contributed by atoms with Gasteiger partial charge in [-0.25, -0.2) is 0 Å². The molecule has 0 bridgehead atoms. The summed E-state index contributed by atoms with van der Waals surface area (Å²) >= 11 is 0. The SMILES string of the molecule is C=CC(C)(/C=C/C1=C(C)C(=O)C(OC)CC1(C)C)OC.C=CC(C)(O)/C=C/C1=C(C)C(=O)C(O)CC1(C)C. The molecule has 2 N–H and O–H groups in total. The van der Waals surface area contributed by atoms with Gasteiger partial charge in [0.1, 0.15) is 17.8 Å². The summed E-state index contributed by atoms with van der Waals surface area (Å²) < 4.78 is 10.7. The third-order valence-corrected chi connectivity index (χ3v) is 7.71. The van der Waals surface area contributed by atoms with Crippen LogP contribution < -0.4 is 0 Å². The predicted molar refractivity (Wildman–Crippen MR) is 154 cm³/mol. The van der Waals surface area contributed by atoms with Crippen LogP contribution in [0.3, 0.4) is 0 Å². The molecule has 0 radical (unpaired) electrons. The van der Waals surface area contributed by atoms with Gasteiger partial charge in [0, 0.05) is 14.2 Å². The fraction of sp³-hybridized carbons (Fsp3) is 0.562. The second-order valence-electron chi connectivity index (χ2n) is 11.9. The quantitative estimate of drug-likeness (QED) is 0.397. The standard InChI is InChI=1S/C17H26O3.C15H22O3/c1-8-17(5,20-7)10-9-13-12(2)15(18)14(19-6)11-16(13,3)4;1-6-15(5,18)8-7-11-10(2)13(17)12(16)9-14(11,3)4/h8-10,14H,1,11H2,2-7H3;6-8,12,16,18H,1,9H2,2-5H3/b10-9+;8-7+. The molecule has 0 aliphatic heterocycles. The minimum Gasteiger partial charge on any atom is -0.385 e. The molecule has 4 atom stereocenters. The van der Waals surface area contributed by atoms with E-state index in [0.717, 1.165) is 16.7 Å².